The minimum absolute atomic E-state index is 0.0119. The highest BCUT2D eigenvalue weighted by atomic mass is 35.5. The highest BCUT2D eigenvalue weighted by Gasteiger charge is 2.33. The number of halogens is 1. The molecule has 1 aliphatic carbocycles. The molecule has 0 spiro atoms. The molecule has 29 heavy (non-hydrogen) atoms. The third kappa shape index (κ3) is 4.73. The van der Waals surface area contributed by atoms with Crippen LogP contribution < -0.4 is 16.0 Å². The van der Waals surface area contributed by atoms with Gasteiger partial charge in [0.1, 0.15) is 0 Å². The lowest BCUT2D eigenvalue weighted by molar-refractivity contribution is -0.122. The van der Waals surface area contributed by atoms with Crippen molar-refractivity contribution in [3.8, 4) is 0 Å². The van der Waals surface area contributed by atoms with E-state index in [1.165, 1.54) is 0 Å². The van der Waals surface area contributed by atoms with E-state index >= 15 is 0 Å². The summed E-state index contributed by atoms with van der Waals surface area (Å²) in [6.45, 7) is 1.54. The summed E-state index contributed by atoms with van der Waals surface area (Å²) in [7, 11) is 0. The summed E-state index contributed by atoms with van der Waals surface area (Å²) in [5.41, 5.74) is 8.22. The second-order valence-corrected chi connectivity index (χ2v) is 8.51. The molecule has 3 N–H and O–H groups in total. The maximum Gasteiger partial charge on any atom is 0.251 e. The third-order valence-electron chi connectivity index (χ3n) is 5.93. The standard InChI is InChI=1S/C23H26ClN3O2/c24-19-9-5-16(6-10-19)21(15-3-4-15)26-23(29)17-7-11-20(12-8-17)27-13-1-2-18(14-27)22(25)28/h5-12,15,18,21H,1-4,13-14H2,(H2,25,28)(H,26,29). The summed E-state index contributed by atoms with van der Waals surface area (Å²) < 4.78 is 0. The molecule has 1 saturated heterocycles. The zero-order chi connectivity index (χ0) is 20.4. The van der Waals surface area contributed by atoms with E-state index < -0.39 is 0 Å². The van der Waals surface area contributed by atoms with Gasteiger partial charge in [-0.2, -0.15) is 0 Å². The average molecular weight is 412 g/mol. The third-order valence-corrected chi connectivity index (χ3v) is 6.18. The van der Waals surface area contributed by atoms with E-state index in [-0.39, 0.29) is 23.8 Å². The van der Waals surface area contributed by atoms with Gasteiger partial charge in [0, 0.05) is 29.4 Å². The summed E-state index contributed by atoms with van der Waals surface area (Å²) in [4.78, 5) is 26.5. The van der Waals surface area contributed by atoms with Crippen LogP contribution in [0.1, 0.15) is 47.6 Å². The van der Waals surface area contributed by atoms with Gasteiger partial charge in [-0.05, 0) is 73.6 Å². The van der Waals surface area contributed by atoms with Crippen LogP contribution >= 0.6 is 11.6 Å². The normalized spacial score (nSPS) is 20.2. The summed E-state index contributed by atoms with van der Waals surface area (Å²) >= 11 is 6.00. The van der Waals surface area contributed by atoms with Gasteiger partial charge in [-0.15, -0.1) is 0 Å². The van der Waals surface area contributed by atoms with Crippen molar-refractivity contribution in [2.75, 3.05) is 18.0 Å². The van der Waals surface area contributed by atoms with Gasteiger partial charge in [0.15, 0.2) is 0 Å². The number of nitrogens with two attached hydrogens (primary N) is 1. The number of nitrogens with zero attached hydrogens (tertiary/aromatic N) is 1. The van der Waals surface area contributed by atoms with Gasteiger partial charge in [0.25, 0.3) is 5.91 Å². The molecule has 6 heteroatoms. The van der Waals surface area contributed by atoms with Gasteiger partial charge in [-0.25, -0.2) is 0 Å². The lowest BCUT2D eigenvalue weighted by atomic mass is 9.97. The number of carbonyl (C=O) groups is 2. The first-order chi connectivity index (χ1) is 14.0. The molecule has 1 heterocycles. The molecule has 4 rings (SSSR count). The van der Waals surface area contributed by atoms with Crippen molar-refractivity contribution in [1.29, 1.82) is 0 Å². The maximum atomic E-state index is 12.8. The van der Waals surface area contributed by atoms with Crippen LogP contribution in [0.25, 0.3) is 0 Å². The van der Waals surface area contributed by atoms with Gasteiger partial charge in [0.05, 0.1) is 12.0 Å². The molecule has 2 unspecified atom stereocenters. The van der Waals surface area contributed by atoms with Crippen LogP contribution in [0.4, 0.5) is 5.69 Å². The van der Waals surface area contributed by atoms with Crippen LogP contribution in [0.15, 0.2) is 48.5 Å². The number of benzene rings is 2. The number of hydrogen-bond acceptors (Lipinski definition) is 3. The minimum atomic E-state index is -0.237. The Labute approximate surface area is 176 Å². The highest BCUT2D eigenvalue weighted by Crippen LogP contribution is 2.41. The Morgan fingerprint density at radius 3 is 2.34 bits per heavy atom. The summed E-state index contributed by atoms with van der Waals surface area (Å²) in [6, 6.07) is 15.3. The first-order valence-corrected chi connectivity index (χ1v) is 10.6. The SMILES string of the molecule is NC(=O)C1CCCN(c2ccc(C(=O)NC(c3ccc(Cl)cc3)C3CC3)cc2)C1. The number of nitrogens with one attached hydrogen (secondary N) is 1. The molecule has 2 aliphatic rings. The second kappa shape index (κ2) is 8.46. The van der Waals surface area contributed by atoms with E-state index in [4.69, 9.17) is 17.3 Å². The van der Waals surface area contributed by atoms with E-state index in [1.54, 1.807) is 0 Å². The van der Waals surface area contributed by atoms with Crippen molar-refractivity contribution >= 4 is 29.1 Å². The molecule has 2 aromatic rings. The quantitative estimate of drug-likeness (QED) is 0.756. The largest absolute Gasteiger partial charge is 0.371 e. The molecule has 2 atom stereocenters. The molecular weight excluding hydrogens is 386 g/mol. The van der Waals surface area contributed by atoms with Crippen LogP contribution in [-0.4, -0.2) is 24.9 Å². The predicted octanol–water partition coefficient (Wildman–Crippen LogP) is 3.92. The average Bonchev–Trinajstić information content (AvgIpc) is 3.58. The Morgan fingerprint density at radius 1 is 1.03 bits per heavy atom. The zero-order valence-corrected chi connectivity index (χ0v) is 17.1. The predicted molar refractivity (Wildman–Crippen MR) is 115 cm³/mol. The monoisotopic (exact) mass is 411 g/mol. The van der Waals surface area contributed by atoms with Gasteiger partial charge in [-0.1, -0.05) is 23.7 Å². The first kappa shape index (κ1) is 19.8. The number of hydrogen-bond donors (Lipinski definition) is 2. The number of anilines is 1. The second-order valence-electron chi connectivity index (χ2n) is 8.07. The van der Waals surface area contributed by atoms with Crippen molar-refractivity contribution in [3.63, 3.8) is 0 Å². The van der Waals surface area contributed by atoms with Crippen molar-refractivity contribution < 1.29 is 9.59 Å². The van der Waals surface area contributed by atoms with Crippen molar-refractivity contribution in [2.24, 2.45) is 17.6 Å². The van der Waals surface area contributed by atoms with Gasteiger partial charge >= 0.3 is 0 Å². The molecule has 5 nitrogen and oxygen atoms in total. The number of primary amides is 1. The van der Waals surface area contributed by atoms with Gasteiger partial charge in [-0.3, -0.25) is 9.59 Å². The van der Waals surface area contributed by atoms with Crippen LogP contribution in [0.3, 0.4) is 0 Å². The fourth-order valence-electron chi connectivity index (χ4n) is 4.07. The molecular formula is C23H26ClN3O2. The highest BCUT2D eigenvalue weighted by molar-refractivity contribution is 6.30. The fourth-order valence-corrected chi connectivity index (χ4v) is 4.19. The maximum absolute atomic E-state index is 12.8. The van der Waals surface area contributed by atoms with E-state index in [0.717, 1.165) is 43.5 Å². The zero-order valence-electron chi connectivity index (χ0n) is 16.3. The Morgan fingerprint density at radius 2 is 1.72 bits per heavy atom. The van der Waals surface area contributed by atoms with Crippen molar-refractivity contribution in [3.05, 3.63) is 64.7 Å². The first-order valence-electron chi connectivity index (χ1n) is 10.2. The Hall–Kier alpha value is -2.53. The molecule has 2 amide bonds. The van der Waals surface area contributed by atoms with Crippen LogP contribution in [0, 0.1) is 11.8 Å². The van der Waals surface area contributed by atoms with E-state index in [0.29, 0.717) is 23.0 Å². The molecule has 1 aliphatic heterocycles. The fraction of sp³-hybridized carbons (Fsp3) is 0.391. The smallest absolute Gasteiger partial charge is 0.251 e. The van der Waals surface area contributed by atoms with Crippen molar-refractivity contribution in [1.82, 2.24) is 5.32 Å². The lowest BCUT2D eigenvalue weighted by Gasteiger charge is -2.33. The minimum Gasteiger partial charge on any atom is -0.371 e. The van der Waals surface area contributed by atoms with E-state index in [2.05, 4.69) is 10.2 Å². The lowest BCUT2D eigenvalue weighted by Crippen LogP contribution is -2.41. The van der Waals surface area contributed by atoms with E-state index in [9.17, 15) is 9.59 Å². The molecule has 152 valence electrons. The number of rotatable bonds is 6. The summed E-state index contributed by atoms with van der Waals surface area (Å²) in [5.74, 6) is 0.0694. The molecule has 2 aromatic carbocycles. The molecule has 1 saturated carbocycles. The van der Waals surface area contributed by atoms with Gasteiger partial charge in [0.2, 0.25) is 5.91 Å². The molecule has 0 radical (unpaired) electrons. The van der Waals surface area contributed by atoms with Crippen LogP contribution in [-0.2, 0) is 4.79 Å². The van der Waals surface area contributed by atoms with E-state index in [1.807, 2.05) is 48.5 Å². The Balaban J connectivity index is 1.43. The van der Waals surface area contributed by atoms with Gasteiger partial charge < -0.3 is 16.0 Å². The van der Waals surface area contributed by atoms with Crippen LogP contribution in [0.2, 0.25) is 5.02 Å². The topological polar surface area (TPSA) is 75.4 Å². The molecule has 0 aromatic heterocycles. The molecule has 2 fully saturated rings. The Bertz CT molecular complexity index is 878. The summed E-state index contributed by atoms with van der Waals surface area (Å²) in [5, 5.41) is 3.89. The Kier molecular flexibility index (Phi) is 5.76. The summed E-state index contributed by atoms with van der Waals surface area (Å²) in [6.07, 6.45) is 4.05. The number of piperidine rings is 1. The number of carbonyl (C=O) groups excluding carboxylic acids is 2. The van der Waals surface area contributed by atoms with Crippen LogP contribution in [0.5, 0.6) is 0 Å². The number of amides is 2. The molecule has 0 bridgehead atoms. The van der Waals surface area contributed by atoms with Crippen molar-refractivity contribution in [2.45, 2.75) is 31.7 Å².